The highest BCUT2D eigenvalue weighted by molar-refractivity contribution is 6.02. The molecule has 0 aliphatic carbocycles. The van der Waals surface area contributed by atoms with E-state index in [4.69, 9.17) is 0 Å². The number of rotatable bonds is 8. The normalized spacial score (nSPS) is 14.5. The number of hydrogen-bond acceptors (Lipinski definition) is 4. The monoisotopic (exact) mass is 362 g/mol. The third kappa shape index (κ3) is 5.22. The molecule has 1 fully saturated rings. The fraction of sp³-hybridized carbons (Fsp3) is 0.143. The molecule has 27 heavy (non-hydrogen) atoms. The highest BCUT2D eigenvalue weighted by atomic mass is 16.2. The average molecular weight is 362 g/mol. The van der Waals surface area contributed by atoms with Crippen molar-refractivity contribution in [1.29, 1.82) is 0 Å². The van der Waals surface area contributed by atoms with Gasteiger partial charge in [-0.3, -0.25) is 9.69 Å². The Morgan fingerprint density at radius 1 is 0.778 bits per heavy atom. The predicted molar refractivity (Wildman–Crippen MR) is 107 cm³/mol. The summed E-state index contributed by atoms with van der Waals surface area (Å²) in [5.74, 6) is -0.186. The van der Waals surface area contributed by atoms with Crippen LogP contribution in [0.2, 0.25) is 0 Å². The molecule has 6 heteroatoms. The van der Waals surface area contributed by atoms with Crippen LogP contribution < -0.4 is 10.6 Å². The molecule has 1 saturated heterocycles. The molecule has 1 heterocycles. The SMILES string of the molecule is O=C1CN(CC=CNc2ccccc2)C(=O)N1CC=CNc1ccccc1. The van der Waals surface area contributed by atoms with Gasteiger partial charge in [-0.15, -0.1) is 0 Å². The van der Waals surface area contributed by atoms with Crippen molar-refractivity contribution >= 4 is 23.3 Å². The van der Waals surface area contributed by atoms with Crippen LogP contribution >= 0.6 is 0 Å². The van der Waals surface area contributed by atoms with Crippen LogP contribution in [0.25, 0.3) is 0 Å². The number of anilines is 2. The first kappa shape index (κ1) is 18.3. The summed E-state index contributed by atoms with van der Waals surface area (Å²) in [7, 11) is 0. The van der Waals surface area contributed by atoms with Gasteiger partial charge in [0.1, 0.15) is 6.54 Å². The second kappa shape index (κ2) is 9.24. The number of hydrogen-bond donors (Lipinski definition) is 2. The number of nitrogens with zero attached hydrogens (tertiary/aromatic N) is 2. The van der Waals surface area contributed by atoms with Crippen molar-refractivity contribution in [2.45, 2.75) is 0 Å². The molecule has 0 saturated carbocycles. The van der Waals surface area contributed by atoms with Gasteiger partial charge in [0.25, 0.3) is 5.91 Å². The van der Waals surface area contributed by atoms with Crippen LogP contribution in [0, 0.1) is 0 Å². The van der Waals surface area contributed by atoms with Gasteiger partial charge in [-0.1, -0.05) is 36.4 Å². The average Bonchev–Trinajstić information content (AvgIpc) is 2.97. The maximum absolute atomic E-state index is 12.4. The van der Waals surface area contributed by atoms with Gasteiger partial charge in [-0.2, -0.15) is 0 Å². The number of urea groups is 1. The largest absolute Gasteiger partial charge is 0.362 e. The Labute approximate surface area is 158 Å². The van der Waals surface area contributed by atoms with Crippen molar-refractivity contribution in [3.63, 3.8) is 0 Å². The predicted octanol–water partition coefficient (Wildman–Crippen LogP) is 3.50. The van der Waals surface area contributed by atoms with Gasteiger partial charge >= 0.3 is 6.03 Å². The van der Waals surface area contributed by atoms with E-state index in [9.17, 15) is 9.59 Å². The Kier molecular flexibility index (Phi) is 6.25. The van der Waals surface area contributed by atoms with Crippen molar-refractivity contribution in [3.8, 4) is 0 Å². The van der Waals surface area contributed by atoms with Gasteiger partial charge in [0.15, 0.2) is 0 Å². The first-order valence-electron chi connectivity index (χ1n) is 8.76. The summed E-state index contributed by atoms with van der Waals surface area (Å²) < 4.78 is 0. The van der Waals surface area contributed by atoms with Crippen LogP contribution in [0.15, 0.2) is 85.2 Å². The van der Waals surface area contributed by atoms with E-state index in [1.807, 2.05) is 66.7 Å². The number of benzene rings is 2. The Morgan fingerprint density at radius 2 is 1.30 bits per heavy atom. The molecule has 1 aliphatic heterocycles. The quantitative estimate of drug-likeness (QED) is 0.706. The smallest absolute Gasteiger partial charge is 0.327 e. The molecule has 0 bridgehead atoms. The van der Waals surface area contributed by atoms with Gasteiger partial charge in [-0.05, 0) is 48.8 Å². The summed E-state index contributed by atoms with van der Waals surface area (Å²) in [6.45, 7) is 0.737. The van der Waals surface area contributed by atoms with Crippen molar-refractivity contribution in [3.05, 3.63) is 85.2 Å². The van der Waals surface area contributed by atoms with E-state index in [0.717, 1.165) is 11.4 Å². The number of imide groups is 1. The lowest BCUT2D eigenvalue weighted by atomic mass is 10.3. The zero-order valence-corrected chi connectivity index (χ0v) is 14.9. The standard InChI is InChI=1S/C21H22N4O2/c26-20-17-24(15-7-13-22-18-9-3-1-4-10-18)21(27)25(20)16-8-14-23-19-11-5-2-6-12-19/h1-14,22-23H,15-17H2. The molecule has 0 radical (unpaired) electrons. The van der Waals surface area contributed by atoms with Gasteiger partial charge < -0.3 is 15.5 Å². The van der Waals surface area contributed by atoms with E-state index in [2.05, 4.69) is 10.6 Å². The lowest BCUT2D eigenvalue weighted by molar-refractivity contribution is -0.124. The lowest BCUT2D eigenvalue weighted by Crippen LogP contribution is -2.33. The van der Waals surface area contributed by atoms with E-state index in [1.54, 1.807) is 18.5 Å². The highest BCUT2D eigenvalue weighted by Crippen LogP contribution is 2.11. The maximum atomic E-state index is 12.4. The van der Waals surface area contributed by atoms with Crippen LogP contribution in [0.4, 0.5) is 16.2 Å². The number of amides is 3. The number of carbonyl (C=O) groups is 2. The van der Waals surface area contributed by atoms with Crippen LogP contribution in [0.1, 0.15) is 0 Å². The van der Waals surface area contributed by atoms with Gasteiger partial charge in [-0.25, -0.2) is 4.79 Å². The van der Waals surface area contributed by atoms with Gasteiger partial charge in [0.05, 0.1) is 6.54 Å². The summed E-state index contributed by atoms with van der Waals surface area (Å²) >= 11 is 0. The fourth-order valence-corrected chi connectivity index (χ4v) is 2.63. The molecule has 3 rings (SSSR count). The van der Waals surface area contributed by atoms with E-state index in [0.29, 0.717) is 6.54 Å². The molecule has 2 aromatic carbocycles. The molecule has 2 aromatic rings. The van der Waals surface area contributed by atoms with E-state index >= 15 is 0 Å². The molecule has 0 atom stereocenters. The summed E-state index contributed by atoms with van der Waals surface area (Å²) in [4.78, 5) is 27.2. The minimum absolute atomic E-state index is 0.106. The topological polar surface area (TPSA) is 64.7 Å². The van der Waals surface area contributed by atoms with Crippen LogP contribution in [0.5, 0.6) is 0 Å². The third-order valence-corrected chi connectivity index (χ3v) is 4.03. The second-order valence-electron chi connectivity index (χ2n) is 5.99. The van der Waals surface area contributed by atoms with Crippen molar-refractivity contribution in [2.75, 3.05) is 30.3 Å². The van der Waals surface area contributed by atoms with Gasteiger partial charge in [0, 0.05) is 17.9 Å². The van der Waals surface area contributed by atoms with Crippen LogP contribution in [-0.4, -0.2) is 41.4 Å². The lowest BCUT2D eigenvalue weighted by Gasteiger charge is -2.14. The summed E-state index contributed by atoms with van der Waals surface area (Å²) in [6.07, 6.45) is 7.11. The molecule has 1 aliphatic rings. The fourth-order valence-electron chi connectivity index (χ4n) is 2.63. The van der Waals surface area contributed by atoms with Crippen LogP contribution in [-0.2, 0) is 4.79 Å². The number of para-hydroxylation sites is 2. The first-order chi connectivity index (χ1) is 13.2. The van der Waals surface area contributed by atoms with Crippen molar-refractivity contribution in [2.24, 2.45) is 0 Å². The zero-order chi connectivity index (χ0) is 18.9. The summed E-state index contributed by atoms with van der Waals surface area (Å²) in [5, 5.41) is 6.23. The Hall–Kier alpha value is -3.54. The Balaban J connectivity index is 1.45. The summed E-state index contributed by atoms with van der Waals surface area (Å²) in [5.41, 5.74) is 1.92. The second-order valence-corrected chi connectivity index (χ2v) is 5.99. The molecule has 0 unspecified atom stereocenters. The molecule has 0 aromatic heterocycles. The minimum Gasteiger partial charge on any atom is -0.362 e. The molecule has 2 N–H and O–H groups in total. The molecule has 3 amide bonds. The van der Waals surface area contributed by atoms with Crippen LogP contribution in [0.3, 0.4) is 0 Å². The van der Waals surface area contributed by atoms with E-state index in [-0.39, 0.29) is 25.0 Å². The minimum atomic E-state index is -0.270. The maximum Gasteiger partial charge on any atom is 0.327 e. The van der Waals surface area contributed by atoms with E-state index < -0.39 is 0 Å². The zero-order valence-electron chi connectivity index (χ0n) is 14.9. The van der Waals surface area contributed by atoms with Crippen molar-refractivity contribution in [1.82, 2.24) is 9.80 Å². The van der Waals surface area contributed by atoms with Crippen molar-refractivity contribution < 1.29 is 9.59 Å². The molecular weight excluding hydrogens is 340 g/mol. The number of nitrogens with one attached hydrogen (secondary N) is 2. The van der Waals surface area contributed by atoms with Gasteiger partial charge in [0.2, 0.25) is 0 Å². The Morgan fingerprint density at radius 3 is 1.85 bits per heavy atom. The van der Waals surface area contributed by atoms with E-state index in [1.165, 1.54) is 9.80 Å². The number of carbonyl (C=O) groups excluding carboxylic acids is 2. The molecule has 138 valence electrons. The molecule has 0 spiro atoms. The highest BCUT2D eigenvalue weighted by Gasteiger charge is 2.34. The Bertz CT molecular complexity index is 819. The third-order valence-electron chi connectivity index (χ3n) is 4.03. The summed E-state index contributed by atoms with van der Waals surface area (Å²) in [6, 6.07) is 19.1. The molecular formula is C21H22N4O2. The molecule has 6 nitrogen and oxygen atoms in total. The first-order valence-corrected chi connectivity index (χ1v) is 8.76.